The summed E-state index contributed by atoms with van der Waals surface area (Å²) in [5.41, 5.74) is 2.16. The van der Waals surface area contributed by atoms with Gasteiger partial charge in [-0.25, -0.2) is 4.39 Å². The van der Waals surface area contributed by atoms with Gasteiger partial charge in [-0.15, -0.1) is 0 Å². The fraction of sp³-hybridized carbons (Fsp3) is 0.462. The lowest BCUT2D eigenvalue weighted by atomic mass is 10.0. The lowest BCUT2D eigenvalue weighted by Gasteiger charge is -2.34. The molecule has 35 heavy (non-hydrogen) atoms. The predicted octanol–water partition coefficient (Wildman–Crippen LogP) is 2.55. The third-order valence-electron chi connectivity index (χ3n) is 7.14. The number of piperidine rings is 1. The Morgan fingerprint density at radius 2 is 1.83 bits per heavy atom. The van der Waals surface area contributed by atoms with E-state index in [4.69, 9.17) is 4.74 Å². The molecule has 2 aromatic heterocycles. The van der Waals surface area contributed by atoms with Crippen LogP contribution in [0.15, 0.2) is 46.0 Å². The molecule has 3 aromatic rings. The maximum absolute atomic E-state index is 14.4. The van der Waals surface area contributed by atoms with Gasteiger partial charge in [-0.3, -0.25) is 18.7 Å². The lowest BCUT2D eigenvalue weighted by Crippen LogP contribution is -2.44. The second-order valence-corrected chi connectivity index (χ2v) is 9.40. The Bertz CT molecular complexity index is 1340. The Hall–Kier alpha value is -3.17. The monoisotopic (exact) mass is 481 g/mol. The van der Waals surface area contributed by atoms with Crippen molar-refractivity contribution >= 4 is 16.7 Å². The molecule has 0 spiro atoms. The van der Waals surface area contributed by atoms with E-state index in [2.05, 4.69) is 15.5 Å². The van der Waals surface area contributed by atoms with Crippen LogP contribution in [-0.2, 0) is 13.1 Å². The minimum Gasteiger partial charge on any atom is -0.492 e. The summed E-state index contributed by atoms with van der Waals surface area (Å²) in [7, 11) is 1.48. The smallest absolute Gasteiger partial charge is 0.252 e. The molecule has 0 aliphatic carbocycles. The van der Waals surface area contributed by atoms with Crippen molar-refractivity contribution in [3.8, 4) is 5.75 Å². The van der Waals surface area contributed by atoms with Gasteiger partial charge < -0.3 is 20.3 Å². The molecule has 8 nitrogen and oxygen atoms in total. The largest absolute Gasteiger partial charge is 0.492 e. The van der Waals surface area contributed by atoms with E-state index in [0.717, 1.165) is 49.1 Å². The van der Waals surface area contributed by atoms with Gasteiger partial charge in [0.25, 0.3) is 11.1 Å². The van der Waals surface area contributed by atoms with Crippen LogP contribution in [0, 0.1) is 5.82 Å². The summed E-state index contributed by atoms with van der Waals surface area (Å²) in [4.78, 5) is 27.4. The normalized spacial score (nSPS) is 18.3. The number of hydrogen-bond donors (Lipinski definition) is 2. The number of anilines is 1. The highest BCUT2D eigenvalue weighted by Crippen LogP contribution is 2.30. The maximum atomic E-state index is 14.4. The van der Waals surface area contributed by atoms with Crippen molar-refractivity contribution < 1.29 is 9.13 Å². The van der Waals surface area contributed by atoms with Crippen LogP contribution in [0.25, 0.3) is 11.0 Å². The van der Waals surface area contributed by atoms with Crippen LogP contribution < -0.4 is 26.5 Å². The van der Waals surface area contributed by atoms with E-state index in [1.165, 1.54) is 13.2 Å². The van der Waals surface area contributed by atoms with E-state index in [-0.39, 0.29) is 28.7 Å². The minimum atomic E-state index is -0.362. The molecule has 2 aliphatic rings. The van der Waals surface area contributed by atoms with Gasteiger partial charge in [-0.2, -0.15) is 0 Å². The van der Waals surface area contributed by atoms with Gasteiger partial charge in [-0.1, -0.05) is 0 Å². The van der Waals surface area contributed by atoms with E-state index in [0.29, 0.717) is 31.4 Å². The Morgan fingerprint density at radius 3 is 2.54 bits per heavy atom. The van der Waals surface area contributed by atoms with Gasteiger partial charge in [0.2, 0.25) is 0 Å². The number of hydrogen-bond acceptors (Lipinski definition) is 6. The van der Waals surface area contributed by atoms with Crippen molar-refractivity contribution in [2.24, 2.45) is 0 Å². The molecule has 9 heteroatoms. The Balaban J connectivity index is 1.19. The van der Waals surface area contributed by atoms with Gasteiger partial charge in [0.15, 0.2) is 11.6 Å². The number of aromatic nitrogens is 2. The average molecular weight is 482 g/mol. The molecule has 2 aliphatic heterocycles. The first-order valence-electron chi connectivity index (χ1n) is 12.3. The summed E-state index contributed by atoms with van der Waals surface area (Å²) in [6.07, 6.45) is 1.94. The number of likely N-dealkylation sites (tertiary alicyclic amines) is 1. The molecule has 0 amide bonds. The van der Waals surface area contributed by atoms with Crippen molar-refractivity contribution in [1.82, 2.24) is 19.4 Å². The highest BCUT2D eigenvalue weighted by Gasteiger charge is 2.29. The van der Waals surface area contributed by atoms with Gasteiger partial charge >= 0.3 is 0 Å². The number of benzene rings is 1. The molecular weight excluding hydrogens is 449 g/mol. The summed E-state index contributed by atoms with van der Waals surface area (Å²) >= 11 is 0. The molecule has 1 aromatic carbocycles. The van der Waals surface area contributed by atoms with Crippen LogP contribution in [0.3, 0.4) is 0 Å². The van der Waals surface area contributed by atoms with Gasteiger partial charge in [0, 0.05) is 49.7 Å². The Kier molecular flexibility index (Phi) is 6.62. The summed E-state index contributed by atoms with van der Waals surface area (Å²) in [5, 5.41) is 7.65. The molecule has 1 atom stereocenters. The van der Waals surface area contributed by atoms with E-state index in [1.807, 2.05) is 13.0 Å². The summed E-state index contributed by atoms with van der Waals surface area (Å²) in [5.74, 6) is -0.116. The molecule has 0 bridgehead atoms. The second kappa shape index (κ2) is 9.83. The van der Waals surface area contributed by atoms with Crippen molar-refractivity contribution in [2.45, 2.75) is 44.9 Å². The molecule has 0 radical (unpaired) electrons. The fourth-order valence-electron chi connectivity index (χ4n) is 5.45. The number of pyridine rings is 2. The number of nitrogens with one attached hydrogen (secondary N) is 2. The van der Waals surface area contributed by atoms with Gasteiger partial charge in [0.05, 0.1) is 18.8 Å². The van der Waals surface area contributed by atoms with Crippen molar-refractivity contribution in [3.63, 3.8) is 0 Å². The molecule has 1 fully saturated rings. The number of rotatable bonds is 8. The second-order valence-electron chi connectivity index (χ2n) is 9.40. The van der Waals surface area contributed by atoms with Crippen LogP contribution >= 0.6 is 0 Å². The first-order chi connectivity index (χ1) is 17.0. The highest BCUT2D eigenvalue weighted by atomic mass is 19.1. The number of methoxy groups -OCH3 is 1. The van der Waals surface area contributed by atoms with Crippen molar-refractivity contribution in [3.05, 3.63) is 68.5 Å². The SMILES string of the molecule is CCNc1cc(CNC2CCN(C[C@@H]3Cn4c(=O)ccc5ccc(=O)n3c54)CC2)cc(F)c1OC. The summed E-state index contributed by atoms with van der Waals surface area (Å²) in [6, 6.07) is 10.5. The van der Waals surface area contributed by atoms with Crippen LogP contribution in [-0.4, -0.2) is 53.4 Å². The molecule has 186 valence electrons. The van der Waals surface area contributed by atoms with Crippen molar-refractivity contribution in [1.29, 1.82) is 0 Å². The van der Waals surface area contributed by atoms with Crippen LogP contribution in [0.1, 0.15) is 31.4 Å². The third-order valence-corrected chi connectivity index (χ3v) is 7.14. The van der Waals surface area contributed by atoms with Crippen LogP contribution in [0.2, 0.25) is 0 Å². The lowest BCUT2D eigenvalue weighted by molar-refractivity contribution is 0.171. The highest BCUT2D eigenvalue weighted by molar-refractivity contribution is 5.76. The van der Waals surface area contributed by atoms with Crippen molar-refractivity contribution in [2.75, 3.05) is 38.6 Å². The number of halogens is 1. The Morgan fingerprint density at radius 1 is 1.09 bits per heavy atom. The van der Waals surface area contributed by atoms with Gasteiger partial charge in [-0.05, 0) is 62.7 Å². The zero-order valence-electron chi connectivity index (χ0n) is 20.2. The molecule has 2 N–H and O–H groups in total. The number of ether oxygens (including phenoxy) is 1. The maximum Gasteiger partial charge on any atom is 0.252 e. The first kappa shape index (κ1) is 23.6. The molecule has 0 saturated carbocycles. The summed E-state index contributed by atoms with van der Waals surface area (Å²) < 4.78 is 23.1. The zero-order valence-corrected chi connectivity index (χ0v) is 20.2. The fourth-order valence-corrected chi connectivity index (χ4v) is 5.45. The summed E-state index contributed by atoms with van der Waals surface area (Å²) in [6.45, 7) is 6.32. The van der Waals surface area contributed by atoms with Crippen LogP contribution in [0.5, 0.6) is 5.75 Å². The molecule has 4 heterocycles. The Labute approximate surface area is 203 Å². The van der Waals surface area contributed by atoms with E-state index in [1.54, 1.807) is 33.4 Å². The van der Waals surface area contributed by atoms with Crippen LogP contribution in [0.4, 0.5) is 10.1 Å². The molecule has 1 saturated heterocycles. The van der Waals surface area contributed by atoms with E-state index >= 15 is 0 Å². The van der Waals surface area contributed by atoms with E-state index in [9.17, 15) is 14.0 Å². The molecule has 0 unspecified atom stereocenters. The van der Waals surface area contributed by atoms with Gasteiger partial charge in [0.1, 0.15) is 5.65 Å². The van der Waals surface area contributed by atoms with E-state index < -0.39 is 0 Å². The standard InChI is InChI=1S/C26H32FN5O3/c1-3-28-22-13-17(12-21(27)25(22)35-2)14-29-19-8-10-30(11-9-19)15-20-16-31-23(33)6-4-18-5-7-24(34)32(20)26(18)31/h4-7,12-13,19-20,28-29H,3,8-11,14-16H2,1-2H3/t20-/m1/s1. The number of nitrogens with zero attached hydrogens (tertiary/aromatic N) is 3. The predicted molar refractivity (Wildman–Crippen MR) is 135 cm³/mol. The first-order valence-corrected chi connectivity index (χ1v) is 12.3. The third kappa shape index (κ3) is 4.58. The quantitative estimate of drug-likeness (QED) is 0.515. The zero-order chi connectivity index (χ0) is 24.5. The average Bonchev–Trinajstić information content (AvgIpc) is 3.24. The molecule has 5 rings (SSSR count). The minimum absolute atomic E-state index is 0.0439. The molecular formula is C26H32FN5O3. The topological polar surface area (TPSA) is 80.5 Å².